The molecule has 108 valence electrons. The normalized spacial score (nSPS) is 14.2. The fourth-order valence-electron chi connectivity index (χ4n) is 1.26. The third-order valence-corrected chi connectivity index (χ3v) is 2.21. The minimum Gasteiger partial charge on any atom is -0.480 e. The van der Waals surface area contributed by atoms with Gasteiger partial charge in [0.15, 0.2) is 0 Å². The molecule has 4 N–H and O–H groups in total. The summed E-state index contributed by atoms with van der Waals surface area (Å²) in [5, 5.41) is 11.5. The molecule has 6 heteroatoms. The molecule has 0 radical (unpaired) electrons. The van der Waals surface area contributed by atoms with Crippen LogP contribution < -0.4 is 5.32 Å². The van der Waals surface area contributed by atoms with Crippen molar-refractivity contribution in [1.29, 1.82) is 0 Å². The lowest BCUT2D eigenvalue weighted by atomic mass is 9.85. The summed E-state index contributed by atoms with van der Waals surface area (Å²) in [5.74, 6) is -1.51. The summed E-state index contributed by atoms with van der Waals surface area (Å²) in [5.41, 5.74) is -1.52. The molecule has 0 unspecified atom stereocenters. The molecule has 0 aliphatic rings. The largest absolute Gasteiger partial charge is 0.480 e. The number of rotatable bonds is 5. The van der Waals surface area contributed by atoms with Crippen molar-refractivity contribution >= 4 is 11.9 Å². The highest BCUT2D eigenvalue weighted by molar-refractivity contribution is 5.79. The van der Waals surface area contributed by atoms with Crippen molar-refractivity contribution in [3.8, 4) is 0 Å². The van der Waals surface area contributed by atoms with Gasteiger partial charge in [0.25, 0.3) is 0 Å². The molecule has 0 bridgehead atoms. The van der Waals surface area contributed by atoms with Gasteiger partial charge in [-0.1, -0.05) is 0 Å². The molecule has 0 heterocycles. The summed E-state index contributed by atoms with van der Waals surface area (Å²) in [4.78, 5) is 22.9. The number of carboxylic acid groups (broad SMARTS) is 1. The first-order valence-electron chi connectivity index (χ1n) is 6.19. The summed E-state index contributed by atoms with van der Waals surface area (Å²) in [6, 6.07) is -0.926. The Hall–Kier alpha value is -1.14. The lowest BCUT2D eigenvalue weighted by molar-refractivity contribution is -0.166. The van der Waals surface area contributed by atoms with E-state index in [4.69, 9.17) is 11.2 Å². The lowest BCUT2D eigenvalue weighted by Crippen LogP contribution is -2.42. The number of carbonyl (C=O) groups excluding carboxylic acids is 1. The fourth-order valence-corrected chi connectivity index (χ4v) is 1.26. The van der Waals surface area contributed by atoms with Crippen LogP contribution in [0.5, 0.6) is 0 Å². The van der Waals surface area contributed by atoms with Crippen molar-refractivity contribution in [1.82, 2.24) is 5.32 Å². The zero-order valence-corrected chi connectivity index (χ0v) is 11.7. The first-order valence-corrected chi connectivity index (χ1v) is 5.48. The average Bonchev–Trinajstić information content (AvgIpc) is 2.13. The van der Waals surface area contributed by atoms with Gasteiger partial charge in [-0.15, -0.1) is 0 Å². The van der Waals surface area contributed by atoms with E-state index in [-0.39, 0.29) is 18.9 Å². The molecule has 0 aromatic rings. The molecule has 0 aliphatic heterocycles. The summed E-state index contributed by atoms with van der Waals surface area (Å²) < 4.78 is 12.2. The molecular formula is C12H25NO5. The number of carbonyl (C=O) groups is 2. The van der Waals surface area contributed by atoms with Gasteiger partial charge in [-0.25, -0.2) is 0 Å². The van der Waals surface area contributed by atoms with Crippen molar-refractivity contribution in [3.05, 3.63) is 0 Å². The van der Waals surface area contributed by atoms with Gasteiger partial charge in [-0.2, -0.15) is 0 Å². The van der Waals surface area contributed by atoms with Gasteiger partial charge in [0.05, 0.1) is 5.41 Å². The van der Waals surface area contributed by atoms with Gasteiger partial charge in [0, 0.05) is 1.37 Å². The summed E-state index contributed by atoms with van der Waals surface area (Å²) >= 11 is 0. The summed E-state index contributed by atoms with van der Waals surface area (Å²) in [7, 11) is -0.207. The van der Waals surface area contributed by atoms with Crippen molar-refractivity contribution in [2.24, 2.45) is 5.41 Å². The number of hydrogen-bond acceptors (Lipinski definition) is 4. The number of hydrogen-bond donors (Lipinski definition) is 2. The SMILES string of the molecule is O.[2H]CN[C@@H](CC(C)(C)C(=O)OC(C)(C)C)C(=O)O. The molecule has 0 rings (SSSR count). The molecule has 1 atom stereocenters. The van der Waals surface area contributed by atoms with Crippen molar-refractivity contribution in [3.63, 3.8) is 0 Å². The van der Waals surface area contributed by atoms with Crippen LogP contribution in [0.3, 0.4) is 0 Å². The molecule has 18 heavy (non-hydrogen) atoms. The number of ether oxygens (including phenoxy) is 1. The Balaban J connectivity index is 0. The topological polar surface area (TPSA) is 107 Å². The summed E-state index contributed by atoms with van der Waals surface area (Å²) in [6.45, 7) is 8.57. The smallest absolute Gasteiger partial charge is 0.320 e. The standard InChI is InChI=1S/C12H23NO4.H2O/c1-11(2,3)17-10(16)12(4,5)7-8(13-6)9(14)15;/h8,13H,7H2,1-6H3,(H,14,15);1H2/t8-;/m0./s1/i6D;. The maximum atomic E-state index is 12.0. The quantitative estimate of drug-likeness (QED) is 0.707. The Kier molecular flexibility index (Phi) is 6.28. The van der Waals surface area contributed by atoms with Crippen LogP contribution in [0, 0.1) is 5.41 Å². The van der Waals surface area contributed by atoms with Gasteiger partial charge < -0.3 is 20.6 Å². The first kappa shape index (κ1) is 16.9. The number of nitrogens with one attached hydrogen (secondary N) is 1. The average molecular weight is 264 g/mol. The molecule has 0 spiro atoms. The third-order valence-electron chi connectivity index (χ3n) is 2.21. The third kappa shape index (κ3) is 6.56. The van der Waals surface area contributed by atoms with Crippen LogP contribution in [0.25, 0.3) is 0 Å². The van der Waals surface area contributed by atoms with Crippen LogP contribution in [0.1, 0.15) is 42.4 Å². The molecule has 0 fully saturated rings. The molecule has 0 saturated heterocycles. The fraction of sp³-hybridized carbons (Fsp3) is 0.833. The monoisotopic (exact) mass is 264 g/mol. The zero-order valence-electron chi connectivity index (χ0n) is 12.7. The summed E-state index contributed by atoms with van der Waals surface area (Å²) in [6.07, 6.45) is 0.0795. The van der Waals surface area contributed by atoms with E-state index in [0.29, 0.717) is 0 Å². The highest BCUT2D eigenvalue weighted by Crippen LogP contribution is 2.26. The minimum absolute atomic E-state index is 0. The number of esters is 1. The molecule has 0 aromatic carbocycles. The second-order valence-corrected chi connectivity index (χ2v) is 5.68. The van der Waals surface area contributed by atoms with E-state index in [1.165, 1.54) is 0 Å². The second-order valence-electron chi connectivity index (χ2n) is 5.68. The molecule has 6 nitrogen and oxygen atoms in total. The van der Waals surface area contributed by atoms with Crippen LogP contribution in [0.2, 0.25) is 0 Å². The van der Waals surface area contributed by atoms with Gasteiger partial charge in [-0.3, -0.25) is 9.59 Å². The van der Waals surface area contributed by atoms with E-state index >= 15 is 0 Å². The van der Waals surface area contributed by atoms with Crippen LogP contribution in [-0.2, 0) is 14.3 Å². The van der Waals surface area contributed by atoms with Gasteiger partial charge in [0.1, 0.15) is 11.6 Å². The maximum Gasteiger partial charge on any atom is 0.320 e. The van der Waals surface area contributed by atoms with Crippen molar-refractivity contribution in [2.45, 2.75) is 52.7 Å². The Morgan fingerprint density at radius 2 is 1.83 bits per heavy atom. The maximum absolute atomic E-state index is 12.0. The van der Waals surface area contributed by atoms with Crippen molar-refractivity contribution in [2.75, 3.05) is 7.02 Å². The number of aliphatic carboxylic acids is 1. The van der Waals surface area contributed by atoms with E-state index in [1.807, 2.05) is 0 Å². The van der Waals surface area contributed by atoms with Gasteiger partial charge >= 0.3 is 11.9 Å². The van der Waals surface area contributed by atoms with E-state index in [1.54, 1.807) is 34.6 Å². The van der Waals surface area contributed by atoms with Crippen LogP contribution in [0.4, 0.5) is 0 Å². The molecule has 0 saturated carbocycles. The Bertz CT molecular complexity index is 312. The minimum atomic E-state index is -1.07. The Morgan fingerprint density at radius 3 is 2.17 bits per heavy atom. The van der Waals surface area contributed by atoms with Gasteiger partial charge in [0.2, 0.25) is 0 Å². The van der Waals surface area contributed by atoms with E-state index < -0.39 is 29.0 Å². The molecule has 0 aliphatic carbocycles. The van der Waals surface area contributed by atoms with E-state index in [2.05, 4.69) is 5.32 Å². The Morgan fingerprint density at radius 1 is 1.33 bits per heavy atom. The predicted molar refractivity (Wildman–Crippen MR) is 68.3 cm³/mol. The number of likely N-dealkylation sites (N-methyl/N-ethyl adjacent to an activating group) is 1. The van der Waals surface area contributed by atoms with Crippen LogP contribution in [0.15, 0.2) is 0 Å². The van der Waals surface area contributed by atoms with Crippen molar-refractivity contribution < 1.29 is 26.3 Å². The first-order chi connectivity index (χ1) is 7.99. The predicted octanol–water partition coefficient (Wildman–Crippen LogP) is 0.592. The highest BCUT2D eigenvalue weighted by atomic mass is 16.6. The lowest BCUT2D eigenvalue weighted by Gasteiger charge is -2.30. The zero-order chi connectivity index (χ0) is 14.6. The molecular weight excluding hydrogens is 238 g/mol. The highest BCUT2D eigenvalue weighted by Gasteiger charge is 2.36. The van der Waals surface area contributed by atoms with Crippen LogP contribution in [-0.4, -0.2) is 41.2 Å². The number of carboxylic acids is 1. The Labute approximate surface area is 109 Å². The second kappa shape index (κ2) is 6.70. The molecule has 0 aromatic heterocycles. The van der Waals surface area contributed by atoms with Gasteiger partial charge in [-0.05, 0) is 48.1 Å². The molecule has 0 amide bonds. The van der Waals surface area contributed by atoms with E-state index in [9.17, 15) is 9.59 Å². The van der Waals surface area contributed by atoms with E-state index in [0.717, 1.165) is 0 Å². The van der Waals surface area contributed by atoms with Crippen LogP contribution >= 0.6 is 0 Å².